The second kappa shape index (κ2) is 6.75. The van der Waals surface area contributed by atoms with Gasteiger partial charge in [-0.25, -0.2) is 9.78 Å². The summed E-state index contributed by atoms with van der Waals surface area (Å²) in [5.74, 6) is 1.15. The summed E-state index contributed by atoms with van der Waals surface area (Å²) in [4.78, 5) is 21.9. The van der Waals surface area contributed by atoms with Gasteiger partial charge in [0, 0.05) is 37.3 Å². The molecule has 0 saturated carbocycles. The van der Waals surface area contributed by atoms with Crippen LogP contribution in [0.3, 0.4) is 0 Å². The number of fused-ring (bicyclic) bond motifs is 3. The maximum atomic E-state index is 12.4. The van der Waals surface area contributed by atoms with Gasteiger partial charge in [-0.1, -0.05) is 6.07 Å². The standard InChI is InChI=1S/C21H31N3O2/c1-21(2,3)26-20(25)23-13-11-15-7-10-19(22-18(15)12-14-23)24-16-5-4-6-17(24)9-8-16/h7,10,16-17H,4-6,8-9,11-14H2,1-3H3. The van der Waals surface area contributed by atoms with Crippen molar-refractivity contribution in [2.45, 2.75) is 83.4 Å². The zero-order chi connectivity index (χ0) is 18.3. The molecule has 3 aliphatic heterocycles. The van der Waals surface area contributed by atoms with E-state index in [0.29, 0.717) is 25.2 Å². The summed E-state index contributed by atoms with van der Waals surface area (Å²) in [5.41, 5.74) is 2.00. The Kier molecular flexibility index (Phi) is 4.57. The van der Waals surface area contributed by atoms with Gasteiger partial charge >= 0.3 is 6.09 Å². The Morgan fingerprint density at radius 2 is 1.77 bits per heavy atom. The van der Waals surface area contributed by atoms with E-state index in [1.54, 1.807) is 0 Å². The van der Waals surface area contributed by atoms with Crippen LogP contribution in [0.4, 0.5) is 10.6 Å². The Labute approximate surface area is 156 Å². The molecular formula is C21H31N3O2. The number of aromatic nitrogens is 1. The van der Waals surface area contributed by atoms with Gasteiger partial charge in [-0.3, -0.25) is 0 Å². The van der Waals surface area contributed by atoms with E-state index in [-0.39, 0.29) is 6.09 Å². The van der Waals surface area contributed by atoms with Crippen LogP contribution in [-0.4, -0.2) is 46.8 Å². The number of piperidine rings is 1. The quantitative estimate of drug-likeness (QED) is 0.764. The van der Waals surface area contributed by atoms with Crippen molar-refractivity contribution in [3.63, 3.8) is 0 Å². The Balaban J connectivity index is 1.48. The lowest BCUT2D eigenvalue weighted by Gasteiger charge is -2.36. The van der Waals surface area contributed by atoms with Crippen LogP contribution >= 0.6 is 0 Å². The molecular weight excluding hydrogens is 326 g/mol. The molecule has 1 aromatic rings. The van der Waals surface area contributed by atoms with E-state index in [0.717, 1.165) is 18.7 Å². The molecule has 1 amide bonds. The molecule has 0 N–H and O–H groups in total. The fourth-order valence-corrected chi connectivity index (χ4v) is 4.71. The van der Waals surface area contributed by atoms with E-state index < -0.39 is 5.60 Å². The predicted octanol–water partition coefficient (Wildman–Crippen LogP) is 3.94. The fraction of sp³-hybridized carbons (Fsp3) is 0.714. The lowest BCUT2D eigenvalue weighted by Crippen LogP contribution is -2.40. The molecule has 2 unspecified atom stereocenters. The van der Waals surface area contributed by atoms with Crippen molar-refractivity contribution in [2.75, 3.05) is 18.0 Å². The number of pyridine rings is 1. The lowest BCUT2D eigenvalue weighted by atomic mass is 10.0. The van der Waals surface area contributed by atoms with E-state index >= 15 is 0 Å². The lowest BCUT2D eigenvalue weighted by molar-refractivity contribution is 0.0258. The van der Waals surface area contributed by atoms with Gasteiger partial charge in [-0.2, -0.15) is 0 Å². The van der Waals surface area contributed by atoms with Gasteiger partial charge in [0.1, 0.15) is 11.4 Å². The van der Waals surface area contributed by atoms with Crippen molar-refractivity contribution < 1.29 is 9.53 Å². The minimum Gasteiger partial charge on any atom is -0.444 e. The van der Waals surface area contributed by atoms with Crippen LogP contribution in [0, 0.1) is 0 Å². The molecule has 0 spiro atoms. The first kappa shape index (κ1) is 17.6. The van der Waals surface area contributed by atoms with Crippen LogP contribution < -0.4 is 4.90 Å². The smallest absolute Gasteiger partial charge is 0.410 e. The fourth-order valence-electron chi connectivity index (χ4n) is 4.71. The number of ether oxygens (including phenoxy) is 1. The average molecular weight is 357 g/mol. The SMILES string of the molecule is CC(C)(C)OC(=O)N1CCc2ccc(N3C4CCCC3CC4)nc2CC1. The normalized spacial score (nSPS) is 25.7. The van der Waals surface area contributed by atoms with Crippen LogP contribution in [0.15, 0.2) is 12.1 Å². The first-order valence-corrected chi connectivity index (χ1v) is 10.2. The van der Waals surface area contributed by atoms with E-state index in [1.807, 2.05) is 25.7 Å². The first-order chi connectivity index (χ1) is 12.4. The third-order valence-electron chi connectivity index (χ3n) is 5.93. The Morgan fingerprint density at radius 1 is 1.08 bits per heavy atom. The summed E-state index contributed by atoms with van der Waals surface area (Å²) in [6.45, 7) is 7.14. The summed E-state index contributed by atoms with van der Waals surface area (Å²) in [5, 5.41) is 0. The zero-order valence-corrected chi connectivity index (χ0v) is 16.3. The predicted molar refractivity (Wildman–Crippen MR) is 103 cm³/mol. The second-order valence-corrected chi connectivity index (χ2v) is 8.97. The molecule has 0 aromatic carbocycles. The topological polar surface area (TPSA) is 45.7 Å². The number of hydrogen-bond acceptors (Lipinski definition) is 4. The molecule has 5 heteroatoms. The van der Waals surface area contributed by atoms with E-state index in [9.17, 15) is 4.79 Å². The number of amides is 1. The summed E-state index contributed by atoms with van der Waals surface area (Å²) in [6, 6.07) is 5.81. The summed E-state index contributed by atoms with van der Waals surface area (Å²) in [7, 11) is 0. The van der Waals surface area contributed by atoms with Crippen molar-refractivity contribution in [1.82, 2.24) is 9.88 Å². The van der Waals surface area contributed by atoms with Crippen molar-refractivity contribution in [2.24, 2.45) is 0 Å². The molecule has 2 fully saturated rings. The van der Waals surface area contributed by atoms with Crippen LogP contribution in [0.2, 0.25) is 0 Å². The number of rotatable bonds is 1. The molecule has 2 saturated heterocycles. The van der Waals surface area contributed by atoms with Gasteiger partial charge in [0.25, 0.3) is 0 Å². The highest BCUT2D eigenvalue weighted by Crippen LogP contribution is 2.38. The zero-order valence-electron chi connectivity index (χ0n) is 16.3. The van der Waals surface area contributed by atoms with Gasteiger partial charge in [0.05, 0.1) is 0 Å². The van der Waals surface area contributed by atoms with E-state index in [1.165, 1.54) is 43.4 Å². The number of nitrogens with zero attached hydrogens (tertiary/aromatic N) is 3. The van der Waals surface area contributed by atoms with Crippen molar-refractivity contribution in [3.05, 3.63) is 23.4 Å². The molecule has 4 heterocycles. The summed E-state index contributed by atoms with van der Waals surface area (Å²) in [6.07, 6.45) is 8.07. The van der Waals surface area contributed by atoms with E-state index in [4.69, 9.17) is 9.72 Å². The Morgan fingerprint density at radius 3 is 2.46 bits per heavy atom. The van der Waals surface area contributed by atoms with Gasteiger partial charge in [-0.15, -0.1) is 0 Å². The van der Waals surface area contributed by atoms with Crippen molar-refractivity contribution in [1.29, 1.82) is 0 Å². The molecule has 2 bridgehead atoms. The number of carbonyl (C=O) groups is 1. The maximum Gasteiger partial charge on any atom is 0.410 e. The van der Waals surface area contributed by atoms with Crippen LogP contribution in [0.25, 0.3) is 0 Å². The van der Waals surface area contributed by atoms with Crippen LogP contribution in [-0.2, 0) is 17.6 Å². The van der Waals surface area contributed by atoms with Crippen molar-refractivity contribution in [3.8, 4) is 0 Å². The Bertz CT molecular complexity index is 666. The average Bonchev–Trinajstić information content (AvgIpc) is 2.76. The molecule has 3 aliphatic rings. The molecule has 26 heavy (non-hydrogen) atoms. The minimum atomic E-state index is -0.449. The van der Waals surface area contributed by atoms with Crippen LogP contribution in [0.5, 0.6) is 0 Å². The molecule has 2 atom stereocenters. The number of hydrogen-bond donors (Lipinski definition) is 0. The maximum absolute atomic E-state index is 12.4. The number of carbonyl (C=O) groups excluding carboxylic acids is 1. The summed E-state index contributed by atoms with van der Waals surface area (Å²) < 4.78 is 5.55. The molecule has 4 rings (SSSR count). The molecule has 5 nitrogen and oxygen atoms in total. The van der Waals surface area contributed by atoms with Gasteiger partial charge in [0.15, 0.2) is 0 Å². The van der Waals surface area contributed by atoms with Crippen molar-refractivity contribution >= 4 is 11.9 Å². The second-order valence-electron chi connectivity index (χ2n) is 8.97. The Hall–Kier alpha value is -1.78. The highest BCUT2D eigenvalue weighted by molar-refractivity contribution is 5.68. The van der Waals surface area contributed by atoms with Gasteiger partial charge in [-0.05, 0) is 70.9 Å². The monoisotopic (exact) mass is 357 g/mol. The van der Waals surface area contributed by atoms with Gasteiger partial charge in [0.2, 0.25) is 0 Å². The largest absolute Gasteiger partial charge is 0.444 e. The minimum absolute atomic E-state index is 0.209. The third kappa shape index (κ3) is 3.53. The first-order valence-electron chi connectivity index (χ1n) is 10.2. The van der Waals surface area contributed by atoms with Crippen LogP contribution in [0.1, 0.15) is 64.1 Å². The third-order valence-corrected chi connectivity index (χ3v) is 5.93. The highest BCUT2D eigenvalue weighted by atomic mass is 16.6. The summed E-state index contributed by atoms with van der Waals surface area (Å²) >= 11 is 0. The molecule has 142 valence electrons. The number of anilines is 1. The van der Waals surface area contributed by atoms with E-state index in [2.05, 4.69) is 17.0 Å². The van der Waals surface area contributed by atoms with Gasteiger partial charge < -0.3 is 14.5 Å². The molecule has 1 aromatic heterocycles. The molecule has 0 aliphatic carbocycles. The highest BCUT2D eigenvalue weighted by Gasteiger charge is 2.37. The molecule has 0 radical (unpaired) electrons.